The van der Waals surface area contributed by atoms with Crippen molar-refractivity contribution in [1.29, 1.82) is 0 Å². The van der Waals surface area contributed by atoms with Gasteiger partial charge in [-0.15, -0.1) is 0 Å². The molecule has 0 atom stereocenters. The van der Waals surface area contributed by atoms with Gasteiger partial charge in [-0.25, -0.2) is 0 Å². The van der Waals surface area contributed by atoms with E-state index in [4.69, 9.17) is 0 Å². The van der Waals surface area contributed by atoms with Gasteiger partial charge in [-0.2, -0.15) is 0 Å². The average Bonchev–Trinajstić information content (AvgIpc) is 2.32. The van der Waals surface area contributed by atoms with Crippen molar-refractivity contribution >= 4 is 11.6 Å². The lowest BCUT2D eigenvalue weighted by molar-refractivity contribution is 0.102. The van der Waals surface area contributed by atoms with E-state index in [0.717, 1.165) is 11.6 Å². The second kappa shape index (κ2) is 4.75. The van der Waals surface area contributed by atoms with Crippen LogP contribution >= 0.6 is 0 Å². The fourth-order valence-corrected chi connectivity index (χ4v) is 1.48. The average molecular weight is 244 g/mol. The van der Waals surface area contributed by atoms with E-state index in [2.05, 4.69) is 10.3 Å². The molecule has 1 amide bonds. The van der Waals surface area contributed by atoms with Crippen LogP contribution in [0.5, 0.6) is 5.75 Å². The smallest absolute Gasteiger partial charge is 0.260 e. The summed E-state index contributed by atoms with van der Waals surface area (Å²) in [6.45, 7) is 1.94. The molecule has 0 aliphatic carbocycles. The molecule has 5 nitrogen and oxygen atoms in total. The maximum absolute atomic E-state index is 11.8. The van der Waals surface area contributed by atoms with Crippen molar-refractivity contribution in [3.8, 4) is 5.75 Å². The number of benzene rings is 1. The van der Waals surface area contributed by atoms with Gasteiger partial charge in [0.1, 0.15) is 5.75 Å². The topological polar surface area (TPSA) is 82.2 Å². The maximum Gasteiger partial charge on any atom is 0.260 e. The van der Waals surface area contributed by atoms with E-state index in [1.165, 1.54) is 6.20 Å². The minimum atomic E-state index is -0.479. The highest BCUT2D eigenvalue weighted by Crippen LogP contribution is 2.15. The monoisotopic (exact) mass is 244 g/mol. The number of rotatable bonds is 2. The van der Waals surface area contributed by atoms with E-state index in [1.807, 2.05) is 19.1 Å². The Morgan fingerprint density at radius 1 is 1.28 bits per heavy atom. The van der Waals surface area contributed by atoms with Gasteiger partial charge in [0.05, 0.1) is 5.56 Å². The molecule has 1 aromatic carbocycles. The molecule has 2 aromatic rings. The molecule has 0 saturated carbocycles. The summed E-state index contributed by atoms with van der Waals surface area (Å²) in [5.74, 6) is -0.823. The Kier molecular flexibility index (Phi) is 3.14. The molecule has 0 aliphatic heterocycles. The third-order valence-corrected chi connectivity index (χ3v) is 2.46. The summed E-state index contributed by atoms with van der Waals surface area (Å²) in [5.41, 5.74) is 1.27. The second-order valence-electron chi connectivity index (χ2n) is 3.92. The van der Waals surface area contributed by atoms with Crippen LogP contribution in [-0.4, -0.2) is 16.0 Å². The summed E-state index contributed by atoms with van der Waals surface area (Å²) in [6, 6.07) is 8.21. The summed E-state index contributed by atoms with van der Waals surface area (Å²) in [6.07, 6.45) is 1.18. The van der Waals surface area contributed by atoms with Crippen molar-refractivity contribution in [3.05, 3.63) is 58.0 Å². The summed E-state index contributed by atoms with van der Waals surface area (Å²) >= 11 is 0. The van der Waals surface area contributed by atoms with E-state index < -0.39 is 11.5 Å². The van der Waals surface area contributed by atoms with Crippen LogP contribution in [-0.2, 0) is 0 Å². The largest absolute Gasteiger partial charge is 0.507 e. The lowest BCUT2D eigenvalue weighted by atomic mass is 10.2. The molecule has 0 radical (unpaired) electrons. The van der Waals surface area contributed by atoms with E-state index in [9.17, 15) is 14.7 Å². The molecule has 0 unspecified atom stereocenters. The predicted octanol–water partition coefficient (Wildman–Crippen LogP) is 1.64. The fourth-order valence-electron chi connectivity index (χ4n) is 1.48. The molecule has 0 saturated heterocycles. The molecular weight excluding hydrogens is 232 g/mol. The van der Waals surface area contributed by atoms with Gasteiger partial charge in [0.25, 0.3) is 11.5 Å². The van der Waals surface area contributed by atoms with Gasteiger partial charge in [-0.05, 0) is 19.1 Å². The second-order valence-corrected chi connectivity index (χ2v) is 3.92. The molecule has 18 heavy (non-hydrogen) atoms. The summed E-state index contributed by atoms with van der Waals surface area (Å²) < 4.78 is 0. The Hall–Kier alpha value is -2.56. The van der Waals surface area contributed by atoms with Gasteiger partial charge in [0.15, 0.2) is 0 Å². The Morgan fingerprint density at radius 3 is 2.56 bits per heavy atom. The first-order valence-electron chi connectivity index (χ1n) is 5.36. The number of hydrogen-bond donors (Lipinski definition) is 3. The number of H-pyrrole nitrogens is 1. The van der Waals surface area contributed by atoms with Crippen LogP contribution in [0.2, 0.25) is 0 Å². The van der Waals surface area contributed by atoms with Crippen LogP contribution in [0.1, 0.15) is 15.9 Å². The highest BCUT2D eigenvalue weighted by atomic mass is 16.3. The van der Waals surface area contributed by atoms with E-state index in [1.54, 1.807) is 12.1 Å². The molecule has 1 heterocycles. The Morgan fingerprint density at radius 2 is 1.94 bits per heavy atom. The molecule has 92 valence electrons. The number of aryl methyl sites for hydroxylation is 1. The first-order chi connectivity index (χ1) is 8.56. The van der Waals surface area contributed by atoms with Gasteiger partial charge < -0.3 is 15.4 Å². The van der Waals surface area contributed by atoms with Crippen LogP contribution in [0.15, 0.2) is 41.3 Å². The SMILES string of the molecule is Cc1ccc(NC(=O)c2c[nH]c(=O)cc2O)cc1. The molecule has 3 N–H and O–H groups in total. The maximum atomic E-state index is 11.8. The first-order valence-corrected chi connectivity index (χ1v) is 5.36. The van der Waals surface area contributed by atoms with Crippen LogP contribution < -0.4 is 10.9 Å². The zero-order chi connectivity index (χ0) is 13.1. The van der Waals surface area contributed by atoms with Crippen molar-refractivity contribution in [1.82, 2.24) is 4.98 Å². The number of aromatic amines is 1. The Balaban J connectivity index is 2.22. The highest BCUT2D eigenvalue weighted by Gasteiger charge is 2.11. The number of carbonyl (C=O) groups excluding carboxylic acids is 1. The fraction of sp³-hybridized carbons (Fsp3) is 0.0769. The normalized spacial score (nSPS) is 10.1. The molecule has 0 spiro atoms. The molecule has 2 rings (SSSR count). The number of aromatic nitrogens is 1. The quantitative estimate of drug-likeness (QED) is 0.751. The van der Waals surface area contributed by atoms with Gasteiger partial charge in [0.2, 0.25) is 0 Å². The third kappa shape index (κ3) is 2.57. The third-order valence-electron chi connectivity index (χ3n) is 2.46. The van der Waals surface area contributed by atoms with Crippen molar-refractivity contribution in [2.75, 3.05) is 5.32 Å². The highest BCUT2D eigenvalue weighted by molar-refractivity contribution is 6.05. The van der Waals surface area contributed by atoms with E-state index in [0.29, 0.717) is 5.69 Å². The zero-order valence-corrected chi connectivity index (χ0v) is 9.73. The number of nitrogens with one attached hydrogen (secondary N) is 2. The van der Waals surface area contributed by atoms with Crippen LogP contribution in [0, 0.1) is 6.92 Å². The molecule has 1 aromatic heterocycles. The molecular formula is C13H12N2O3. The van der Waals surface area contributed by atoms with E-state index in [-0.39, 0.29) is 11.3 Å². The molecule has 0 fully saturated rings. The number of pyridine rings is 1. The van der Waals surface area contributed by atoms with Crippen molar-refractivity contribution in [2.24, 2.45) is 0 Å². The van der Waals surface area contributed by atoms with Crippen molar-refractivity contribution < 1.29 is 9.90 Å². The van der Waals surface area contributed by atoms with Crippen molar-refractivity contribution in [3.63, 3.8) is 0 Å². The van der Waals surface area contributed by atoms with E-state index >= 15 is 0 Å². The summed E-state index contributed by atoms with van der Waals surface area (Å²) in [5, 5.41) is 12.1. The molecule has 5 heteroatoms. The van der Waals surface area contributed by atoms with Crippen molar-refractivity contribution in [2.45, 2.75) is 6.92 Å². The number of aromatic hydroxyl groups is 1. The minimum absolute atomic E-state index is 0.0233. The predicted molar refractivity (Wildman–Crippen MR) is 67.9 cm³/mol. The van der Waals surface area contributed by atoms with Gasteiger partial charge >= 0.3 is 0 Å². The molecule has 0 aliphatic rings. The van der Waals surface area contributed by atoms with Gasteiger partial charge in [-0.3, -0.25) is 9.59 Å². The molecule has 0 bridgehead atoms. The standard InChI is InChI=1S/C13H12N2O3/c1-8-2-4-9(5-3-8)15-13(18)10-7-14-12(17)6-11(10)16/h2-7H,1H3,(H,15,18)(H2,14,16,17). The Labute approximate surface area is 103 Å². The number of carbonyl (C=O) groups is 1. The number of hydrogen-bond acceptors (Lipinski definition) is 3. The number of amides is 1. The zero-order valence-electron chi connectivity index (χ0n) is 9.73. The van der Waals surface area contributed by atoms with Crippen LogP contribution in [0.4, 0.5) is 5.69 Å². The summed E-state index contributed by atoms with van der Waals surface area (Å²) in [7, 11) is 0. The number of anilines is 1. The first kappa shape index (κ1) is 11.9. The van der Waals surface area contributed by atoms with Gasteiger partial charge in [-0.1, -0.05) is 17.7 Å². The lowest BCUT2D eigenvalue weighted by Gasteiger charge is -2.06. The lowest BCUT2D eigenvalue weighted by Crippen LogP contribution is -2.15. The summed E-state index contributed by atoms with van der Waals surface area (Å²) in [4.78, 5) is 25.1. The van der Waals surface area contributed by atoms with Crippen LogP contribution in [0.25, 0.3) is 0 Å². The van der Waals surface area contributed by atoms with Gasteiger partial charge in [0, 0.05) is 18.0 Å². The Bertz CT molecular complexity index is 629. The minimum Gasteiger partial charge on any atom is -0.507 e. The van der Waals surface area contributed by atoms with Crippen LogP contribution in [0.3, 0.4) is 0 Å².